The monoisotopic (exact) mass is 247 g/mol. The second-order valence-electron chi connectivity index (χ2n) is 3.56. The van der Waals surface area contributed by atoms with Gasteiger partial charge in [0.1, 0.15) is 12.4 Å². The van der Waals surface area contributed by atoms with E-state index in [1.54, 1.807) is 0 Å². The summed E-state index contributed by atoms with van der Waals surface area (Å²) in [5.74, 6) is 0.892. The predicted octanol–water partition coefficient (Wildman–Crippen LogP) is 2.89. The average molecular weight is 248 g/mol. The van der Waals surface area contributed by atoms with Gasteiger partial charge in [0.05, 0.1) is 0 Å². The number of hydrogen-bond donors (Lipinski definition) is 1. The molecule has 1 aromatic rings. The topological polar surface area (TPSA) is 21.3 Å². The molecule has 2 nitrogen and oxygen atoms in total. The predicted molar refractivity (Wildman–Crippen MR) is 65.2 cm³/mol. The van der Waals surface area contributed by atoms with Crippen LogP contribution in [0.3, 0.4) is 0 Å². The molecule has 1 aliphatic rings. The molecule has 1 N–H and O–H groups in total. The summed E-state index contributed by atoms with van der Waals surface area (Å²) in [5.41, 5.74) is 0. The zero-order chi connectivity index (χ0) is 9.80. The second-order valence-corrected chi connectivity index (χ2v) is 3.99. The molecule has 0 amide bonds. The zero-order valence-electron chi connectivity index (χ0n) is 8.41. The first-order chi connectivity index (χ1) is 6.84. The van der Waals surface area contributed by atoms with Gasteiger partial charge < -0.3 is 10.1 Å². The van der Waals surface area contributed by atoms with Gasteiger partial charge >= 0.3 is 0 Å². The van der Waals surface area contributed by atoms with Crippen molar-refractivity contribution in [3.8, 4) is 5.75 Å². The highest BCUT2D eigenvalue weighted by molar-refractivity contribution is 6.30. The minimum Gasteiger partial charge on any atom is -0.492 e. The van der Waals surface area contributed by atoms with Crippen LogP contribution in [0.4, 0.5) is 0 Å². The number of ether oxygens (including phenoxy) is 1. The van der Waals surface area contributed by atoms with Crippen LogP contribution in [0.5, 0.6) is 5.75 Å². The van der Waals surface area contributed by atoms with Crippen LogP contribution >= 0.6 is 24.0 Å². The maximum Gasteiger partial charge on any atom is 0.119 e. The summed E-state index contributed by atoms with van der Waals surface area (Å²) in [5, 5.41) is 4.13. The summed E-state index contributed by atoms with van der Waals surface area (Å²) in [6.45, 7) is 1.87. The van der Waals surface area contributed by atoms with Crippen molar-refractivity contribution in [3.05, 3.63) is 29.3 Å². The van der Waals surface area contributed by atoms with Crippen molar-refractivity contribution < 1.29 is 4.74 Å². The van der Waals surface area contributed by atoms with Crippen molar-refractivity contribution >= 4 is 24.0 Å². The Bertz CT molecular complexity index is 283. The Balaban J connectivity index is 0.00000112. The first kappa shape index (κ1) is 12.6. The molecule has 0 bridgehead atoms. The third-order valence-electron chi connectivity index (χ3n) is 2.43. The molecule has 1 aromatic carbocycles. The van der Waals surface area contributed by atoms with E-state index in [1.165, 1.54) is 12.8 Å². The average Bonchev–Trinajstić information content (AvgIpc) is 2.70. The maximum absolute atomic E-state index is 5.77. The van der Waals surface area contributed by atoms with Gasteiger partial charge in [-0.25, -0.2) is 0 Å². The summed E-state index contributed by atoms with van der Waals surface area (Å²) < 4.78 is 5.62. The van der Waals surface area contributed by atoms with E-state index in [2.05, 4.69) is 5.32 Å². The number of rotatable bonds is 3. The van der Waals surface area contributed by atoms with Crippen molar-refractivity contribution in [1.82, 2.24) is 5.32 Å². The second kappa shape index (κ2) is 6.21. The molecule has 4 heteroatoms. The lowest BCUT2D eigenvalue weighted by Gasteiger charge is -2.11. The van der Waals surface area contributed by atoms with E-state index in [0.29, 0.717) is 6.04 Å². The summed E-state index contributed by atoms with van der Waals surface area (Å²) in [6, 6.07) is 8.01. The number of nitrogens with one attached hydrogen (secondary N) is 1. The van der Waals surface area contributed by atoms with Crippen LogP contribution in [-0.4, -0.2) is 19.2 Å². The molecule has 0 radical (unpaired) electrons. The third kappa shape index (κ3) is 3.90. The van der Waals surface area contributed by atoms with E-state index in [1.807, 2.05) is 24.3 Å². The third-order valence-corrected chi connectivity index (χ3v) is 2.68. The van der Waals surface area contributed by atoms with E-state index in [4.69, 9.17) is 16.3 Å². The number of halogens is 2. The largest absolute Gasteiger partial charge is 0.492 e. The fourth-order valence-corrected chi connectivity index (χ4v) is 1.75. The molecule has 0 aromatic heterocycles. The minimum atomic E-state index is 0. The van der Waals surface area contributed by atoms with Crippen molar-refractivity contribution in [1.29, 1.82) is 0 Å². The lowest BCUT2D eigenvalue weighted by molar-refractivity contribution is 0.277. The molecule has 15 heavy (non-hydrogen) atoms. The Morgan fingerprint density at radius 1 is 1.33 bits per heavy atom. The van der Waals surface area contributed by atoms with Crippen molar-refractivity contribution in [2.45, 2.75) is 18.9 Å². The molecule has 0 spiro atoms. The highest BCUT2D eigenvalue weighted by atomic mass is 35.5. The minimum absolute atomic E-state index is 0. The standard InChI is InChI=1S/C11H14ClNO.ClH/c12-9-3-5-11(6-4-9)14-8-10-2-1-7-13-10;/h3-6,10,13H,1-2,7-8H2;1H/t10-;/m0./s1. The van der Waals surface area contributed by atoms with Gasteiger partial charge in [-0.2, -0.15) is 0 Å². The zero-order valence-corrected chi connectivity index (χ0v) is 9.98. The Morgan fingerprint density at radius 3 is 2.67 bits per heavy atom. The molecule has 0 aliphatic carbocycles. The molecule has 84 valence electrons. The van der Waals surface area contributed by atoms with Gasteiger partial charge in [-0.3, -0.25) is 0 Å². The maximum atomic E-state index is 5.77. The fourth-order valence-electron chi connectivity index (χ4n) is 1.63. The van der Waals surface area contributed by atoms with Gasteiger partial charge in [-0.05, 0) is 43.7 Å². The first-order valence-corrected chi connectivity index (χ1v) is 5.34. The summed E-state index contributed by atoms with van der Waals surface area (Å²) >= 11 is 5.77. The van der Waals surface area contributed by atoms with Gasteiger partial charge in [-0.1, -0.05) is 11.6 Å². The molecular formula is C11H15Cl2NO. The smallest absolute Gasteiger partial charge is 0.119 e. The number of benzene rings is 1. The Morgan fingerprint density at radius 2 is 2.07 bits per heavy atom. The van der Waals surface area contributed by atoms with Crippen LogP contribution < -0.4 is 10.1 Å². The van der Waals surface area contributed by atoms with E-state index in [9.17, 15) is 0 Å². The van der Waals surface area contributed by atoms with Gasteiger partial charge in [0.25, 0.3) is 0 Å². The summed E-state index contributed by atoms with van der Waals surface area (Å²) in [6.07, 6.45) is 2.47. The number of hydrogen-bond acceptors (Lipinski definition) is 2. The van der Waals surface area contributed by atoms with E-state index in [-0.39, 0.29) is 12.4 Å². The quantitative estimate of drug-likeness (QED) is 0.888. The molecule has 1 heterocycles. The van der Waals surface area contributed by atoms with Gasteiger partial charge in [0.2, 0.25) is 0 Å². The van der Waals surface area contributed by atoms with Crippen LogP contribution in [0.1, 0.15) is 12.8 Å². The van der Waals surface area contributed by atoms with Crippen LogP contribution in [0.15, 0.2) is 24.3 Å². The molecule has 1 fully saturated rings. The Kier molecular flexibility index (Phi) is 5.23. The SMILES string of the molecule is Cl.Clc1ccc(OC[C@@H]2CCCN2)cc1. The van der Waals surface area contributed by atoms with Gasteiger partial charge in [0.15, 0.2) is 0 Å². The van der Waals surface area contributed by atoms with Crippen molar-refractivity contribution in [3.63, 3.8) is 0 Å². The van der Waals surface area contributed by atoms with E-state index >= 15 is 0 Å². The van der Waals surface area contributed by atoms with E-state index in [0.717, 1.165) is 23.9 Å². The molecule has 2 rings (SSSR count). The Hall–Kier alpha value is -0.440. The highest BCUT2D eigenvalue weighted by Crippen LogP contribution is 2.16. The molecule has 1 atom stereocenters. The van der Waals surface area contributed by atoms with Crippen LogP contribution in [-0.2, 0) is 0 Å². The molecule has 1 aliphatic heterocycles. The summed E-state index contributed by atoms with van der Waals surface area (Å²) in [4.78, 5) is 0. The van der Waals surface area contributed by atoms with Gasteiger partial charge in [-0.15, -0.1) is 12.4 Å². The van der Waals surface area contributed by atoms with Crippen LogP contribution in [0.2, 0.25) is 5.02 Å². The molecular weight excluding hydrogens is 233 g/mol. The lowest BCUT2D eigenvalue weighted by Crippen LogP contribution is -2.28. The molecule has 0 saturated carbocycles. The van der Waals surface area contributed by atoms with Crippen molar-refractivity contribution in [2.24, 2.45) is 0 Å². The van der Waals surface area contributed by atoms with Gasteiger partial charge in [0, 0.05) is 11.1 Å². The molecule has 1 saturated heterocycles. The first-order valence-electron chi connectivity index (χ1n) is 4.96. The van der Waals surface area contributed by atoms with Crippen LogP contribution in [0, 0.1) is 0 Å². The van der Waals surface area contributed by atoms with E-state index < -0.39 is 0 Å². The fraction of sp³-hybridized carbons (Fsp3) is 0.455. The summed E-state index contributed by atoms with van der Waals surface area (Å²) in [7, 11) is 0. The lowest BCUT2D eigenvalue weighted by atomic mass is 10.2. The molecule has 0 unspecified atom stereocenters. The Labute approximate surface area is 101 Å². The van der Waals surface area contributed by atoms with Crippen molar-refractivity contribution in [2.75, 3.05) is 13.2 Å². The normalized spacial score (nSPS) is 19.7. The van der Waals surface area contributed by atoms with Crippen LogP contribution in [0.25, 0.3) is 0 Å². The highest BCUT2D eigenvalue weighted by Gasteiger charge is 2.13.